The average molecular weight is 491 g/mol. The Balaban J connectivity index is 1.45. The molecule has 1 amide bonds. The minimum Gasteiger partial charge on any atom is -0.483 e. The minimum atomic E-state index is -5.72. The van der Waals surface area contributed by atoms with Crippen LogP contribution < -0.4 is 10.1 Å². The van der Waals surface area contributed by atoms with Crippen molar-refractivity contribution in [3.05, 3.63) is 18.3 Å². The fraction of sp³-hybridized carbons (Fsp3) is 0.667. The lowest BCUT2D eigenvalue weighted by atomic mass is 9.92. The normalized spacial score (nSPS) is 23.3. The number of hydrogen-bond acceptors (Lipinski definition) is 6. The van der Waals surface area contributed by atoms with Crippen molar-refractivity contribution in [2.24, 2.45) is 11.8 Å². The van der Waals surface area contributed by atoms with Crippen molar-refractivity contribution >= 4 is 17.7 Å². The van der Waals surface area contributed by atoms with Crippen molar-refractivity contribution in [2.45, 2.75) is 57.4 Å². The molecule has 188 valence electrons. The summed E-state index contributed by atoms with van der Waals surface area (Å²) in [6.07, 6.45) is -2.79. The molecule has 3 heterocycles. The highest BCUT2D eigenvalue weighted by Gasteiger charge is 2.58. The third-order valence-electron chi connectivity index (χ3n) is 5.93. The number of likely N-dealkylation sites (tertiary alicyclic amines) is 1. The third-order valence-corrected chi connectivity index (χ3v) is 5.93. The van der Waals surface area contributed by atoms with Crippen LogP contribution in [0.25, 0.3) is 5.65 Å². The molecule has 2 aliphatic rings. The van der Waals surface area contributed by atoms with Gasteiger partial charge in [0.2, 0.25) is 5.95 Å². The number of alkyl halides is 5. The summed E-state index contributed by atoms with van der Waals surface area (Å²) in [6, 6.07) is 2.65. The Morgan fingerprint density at radius 3 is 2.38 bits per heavy atom. The van der Waals surface area contributed by atoms with Crippen LogP contribution in [0.5, 0.6) is 5.75 Å². The van der Waals surface area contributed by atoms with Gasteiger partial charge in [0.15, 0.2) is 18.0 Å². The van der Waals surface area contributed by atoms with E-state index >= 15 is 0 Å². The Bertz CT molecular complexity index is 1040. The van der Waals surface area contributed by atoms with Crippen LogP contribution in [-0.2, 0) is 4.74 Å². The predicted octanol–water partition coefficient (Wildman–Crippen LogP) is 4.36. The van der Waals surface area contributed by atoms with E-state index in [-0.39, 0.29) is 41.3 Å². The second-order valence-corrected chi connectivity index (χ2v) is 9.72. The van der Waals surface area contributed by atoms with Crippen LogP contribution in [-0.4, -0.2) is 69.0 Å². The molecule has 0 spiro atoms. The van der Waals surface area contributed by atoms with Crippen LogP contribution in [0, 0.1) is 11.8 Å². The number of anilines is 1. The Morgan fingerprint density at radius 2 is 1.79 bits per heavy atom. The summed E-state index contributed by atoms with van der Waals surface area (Å²) in [5.74, 6) is -4.76. The number of rotatable bonds is 5. The van der Waals surface area contributed by atoms with Gasteiger partial charge in [0.05, 0.1) is 0 Å². The molecule has 0 aromatic carbocycles. The van der Waals surface area contributed by atoms with Crippen molar-refractivity contribution < 1.29 is 36.2 Å². The maximum Gasteiger partial charge on any atom is 0.456 e. The molecule has 4 rings (SSSR count). The number of ether oxygens (including phenoxy) is 2. The number of pyridine rings is 1. The first-order chi connectivity index (χ1) is 15.7. The summed E-state index contributed by atoms with van der Waals surface area (Å²) in [6.45, 7) is 4.59. The van der Waals surface area contributed by atoms with Gasteiger partial charge in [-0.2, -0.15) is 26.9 Å². The van der Waals surface area contributed by atoms with Crippen molar-refractivity contribution in [3.8, 4) is 5.75 Å². The Morgan fingerprint density at radius 1 is 1.15 bits per heavy atom. The van der Waals surface area contributed by atoms with Crippen LogP contribution >= 0.6 is 0 Å². The Kier molecular flexibility index (Phi) is 6.01. The molecule has 1 saturated heterocycles. The number of amides is 1. The molecule has 2 aromatic heterocycles. The van der Waals surface area contributed by atoms with Crippen LogP contribution in [0.4, 0.5) is 32.7 Å². The zero-order chi connectivity index (χ0) is 24.9. The fourth-order valence-corrected chi connectivity index (χ4v) is 4.39. The second kappa shape index (κ2) is 8.42. The quantitative estimate of drug-likeness (QED) is 0.626. The van der Waals surface area contributed by atoms with Gasteiger partial charge in [-0.05, 0) is 57.6 Å². The van der Waals surface area contributed by atoms with E-state index in [1.807, 2.05) is 20.8 Å². The number of hydrogen-bond donors (Lipinski definition) is 1. The minimum absolute atomic E-state index is 0.0153. The summed E-state index contributed by atoms with van der Waals surface area (Å²) in [5.41, 5.74) is -0.572. The molecule has 0 radical (unpaired) electrons. The lowest BCUT2D eigenvalue weighted by Gasteiger charge is -2.38. The first-order valence-corrected chi connectivity index (χ1v) is 10.9. The maximum absolute atomic E-state index is 13.3. The molecular weight excluding hydrogens is 465 g/mol. The number of carbonyl (C=O) groups excluding carboxylic acids is 1. The highest BCUT2D eigenvalue weighted by molar-refractivity contribution is 5.68. The molecule has 8 nitrogen and oxygen atoms in total. The molecule has 13 heteroatoms. The molecule has 2 bridgehead atoms. The maximum atomic E-state index is 13.3. The number of nitrogens with one attached hydrogen (secondary N) is 1. The zero-order valence-electron chi connectivity index (χ0n) is 18.9. The van der Waals surface area contributed by atoms with Crippen LogP contribution in [0.3, 0.4) is 0 Å². The molecule has 34 heavy (non-hydrogen) atoms. The van der Waals surface area contributed by atoms with Gasteiger partial charge in [0, 0.05) is 25.3 Å². The third kappa shape index (κ3) is 4.97. The number of nitrogens with zero attached hydrogens (tertiary/aromatic N) is 4. The number of halogens is 5. The van der Waals surface area contributed by atoms with Gasteiger partial charge in [0.1, 0.15) is 5.60 Å². The van der Waals surface area contributed by atoms with E-state index in [1.165, 1.54) is 22.8 Å². The summed E-state index contributed by atoms with van der Waals surface area (Å²) in [5, 5.41) is 7.52. The monoisotopic (exact) mass is 491 g/mol. The average Bonchev–Trinajstić information content (AvgIpc) is 3.20. The van der Waals surface area contributed by atoms with E-state index in [0.717, 1.165) is 12.8 Å². The van der Waals surface area contributed by atoms with Crippen molar-refractivity contribution in [1.29, 1.82) is 0 Å². The first kappa shape index (κ1) is 24.3. The van der Waals surface area contributed by atoms with Gasteiger partial charge in [-0.3, -0.25) is 0 Å². The first-order valence-electron chi connectivity index (χ1n) is 10.9. The van der Waals surface area contributed by atoms with E-state index < -0.39 is 24.3 Å². The van der Waals surface area contributed by atoms with E-state index in [9.17, 15) is 26.7 Å². The Labute approximate surface area is 192 Å². The molecule has 1 aliphatic heterocycles. The van der Waals surface area contributed by atoms with Gasteiger partial charge in [0.25, 0.3) is 0 Å². The second-order valence-electron chi connectivity index (χ2n) is 9.72. The van der Waals surface area contributed by atoms with E-state index in [4.69, 9.17) is 9.47 Å². The molecule has 0 unspecified atom stereocenters. The largest absolute Gasteiger partial charge is 0.483 e. The molecule has 3 atom stereocenters. The summed E-state index contributed by atoms with van der Waals surface area (Å²) in [4.78, 5) is 18.4. The summed E-state index contributed by atoms with van der Waals surface area (Å²) >= 11 is 0. The molecular formula is C21H26F5N5O3. The van der Waals surface area contributed by atoms with Crippen LogP contribution in [0.2, 0.25) is 0 Å². The fourth-order valence-electron chi connectivity index (χ4n) is 4.39. The lowest BCUT2D eigenvalue weighted by molar-refractivity contribution is -0.289. The molecule has 1 N–H and O–H groups in total. The Hall–Kier alpha value is -2.86. The van der Waals surface area contributed by atoms with Gasteiger partial charge in [-0.1, -0.05) is 0 Å². The number of fused-ring (bicyclic) bond motifs is 3. The highest BCUT2D eigenvalue weighted by Crippen LogP contribution is 2.39. The predicted molar refractivity (Wildman–Crippen MR) is 111 cm³/mol. The number of carbonyl (C=O) groups is 1. The van der Waals surface area contributed by atoms with Crippen molar-refractivity contribution in [3.63, 3.8) is 0 Å². The van der Waals surface area contributed by atoms with Crippen LogP contribution in [0.15, 0.2) is 18.3 Å². The summed E-state index contributed by atoms with van der Waals surface area (Å²) < 4.78 is 75.4. The van der Waals surface area contributed by atoms with Gasteiger partial charge < -0.3 is 19.7 Å². The highest BCUT2D eigenvalue weighted by atomic mass is 19.4. The lowest BCUT2D eigenvalue weighted by Crippen LogP contribution is -2.51. The van der Waals surface area contributed by atoms with Crippen molar-refractivity contribution in [2.75, 3.05) is 25.0 Å². The summed E-state index contributed by atoms with van der Waals surface area (Å²) in [7, 11) is 0. The van der Waals surface area contributed by atoms with E-state index in [2.05, 4.69) is 15.4 Å². The number of aromatic nitrogens is 3. The molecule has 2 fully saturated rings. The molecule has 2 aromatic rings. The smallest absolute Gasteiger partial charge is 0.456 e. The van der Waals surface area contributed by atoms with E-state index in [1.54, 1.807) is 4.90 Å². The van der Waals surface area contributed by atoms with Gasteiger partial charge in [-0.25, -0.2) is 9.31 Å². The zero-order valence-corrected chi connectivity index (χ0v) is 18.9. The number of piperidine rings is 1. The van der Waals surface area contributed by atoms with E-state index in [0.29, 0.717) is 13.1 Å². The molecule has 1 aliphatic carbocycles. The van der Waals surface area contributed by atoms with Crippen molar-refractivity contribution in [1.82, 2.24) is 19.5 Å². The topological polar surface area (TPSA) is 81.0 Å². The standard InChI is InChI=1S/C21H26F5N5O3/c1-19(2,3)34-18(32)30-9-12-6-7-13(10-30)15(12)27-17-28-16-14(5-4-8-31(16)29-17)33-11-20(22,23)21(24,25)26/h4-5,8,12-13,15H,6-7,9-11H2,1-3H3,(H,27,29)/t12-,13+,15-. The SMILES string of the molecule is CC(C)(C)OC(=O)N1C[C@H]2CC[C@@H](C1)[C@@H]2Nc1nc2c(OCC(F)(F)C(F)(F)F)cccn2n1. The van der Waals surface area contributed by atoms with Crippen LogP contribution in [0.1, 0.15) is 33.6 Å². The van der Waals surface area contributed by atoms with Gasteiger partial charge >= 0.3 is 18.2 Å². The molecule has 1 saturated carbocycles. The van der Waals surface area contributed by atoms with Gasteiger partial charge in [-0.15, -0.1) is 5.10 Å².